The standard InChI is InChI=1S/C26H23FN4O4/c1-30(16-22(32)28-21-14-12-20(27)13-15-21)23(33)17-31-24(34)26(29-25(31)35,18-8-4-2-5-9-18)19-10-6-3-7-11-19/h2-15H,16-17H2,1H3,(H,28,32)(H,29,35). The van der Waals surface area contributed by atoms with Crippen LogP contribution in [-0.4, -0.2) is 53.7 Å². The van der Waals surface area contributed by atoms with Gasteiger partial charge in [0.15, 0.2) is 5.54 Å². The van der Waals surface area contributed by atoms with Crippen molar-refractivity contribution in [1.29, 1.82) is 0 Å². The number of hydrogen-bond donors (Lipinski definition) is 2. The molecule has 3 aromatic carbocycles. The van der Waals surface area contributed by atoms with Crippen molar-refractivity contribution in [2.24, 2.45) is 0 Å². The number of urea groups is 1. The lowest BCUT2D eigenvalue weighted by Crippen LogP contribution is -2.46. The molecule has 0 atom stereocenters. The van der Waals surface area contributed by atoms with Gasteiger partial charge in [0.1, 0.15) is 12.4 Å². The summed E-state index contributed by atoms with van der Waals surface area (Å²) < 4.78 is 13.0. The Hall–Kier alpha value is -4.53. The molecule has 8 nitrogen and oxygen atoms in total. The molecule has 1 heterocycles. The maximum atomic E-state index is 13.6. The minimum atomic E-state index is -1.47. The summed E-state index contributed by atoms with van der Waals surface area (Å²) in [4.78, 5) is 53.7. The van der Waals surface area contributed by atoms with Crippen LogP contribution in [0.5, 0.6) is 0 Å². The van der Waals surface area contributed by atoms with Crippen LogP contribution in [0.1, 0.15) is 11.1 Å². The van der Waals surface area contributed by atoms with Gasteiger partial charge in [-0.15, -0.1) is 0 Å². The third-order valence-corrected chi connectivity index (χ3v) is 5.75. The molecule has 178 valence electrons. The quantitative estimate of drug-likeness (QED) is 0.515. The van der Waals surface area contributed by atoms with Crippen molar-refractivity contribution in [3.8, 4) is 0 Å². The van der Waals surface area contributed by atoms with Crippen LogP contribution in [0.3, 0.4) is 0 Å². The number of hydrogen-bond acceptors (Lipinski definition) is 4. The second kappa shape index (κ2) is 9.76. The van der Waals surface area contributed by atoms with Gasteiger partial charge >= 0.3 is 6.03 Å². The molecule has 0 bridgehead atoms. The first-order chi connectivity index (χ1) is 16.8. The van der Waals surface area contributed by atoms with Crippen molar-refractivity contribution in [3.63, 3.8) is 0 Å². The third-order valence-electron chi connectivity index (χ3n) is 5.75. The van der Waals surface area contributed by atoms with Crippen molar-refractivity contribution in [2.75, 3.05) is 25.5 Å². The molecule has 5 amide bonds. The van der Waals surface area contributed by atoms with Gasteiger partial charge in [-0.3, -0.25) is 19.3 Å². The highest BCUT2D eigenvalue weighted by atomic mass is 19.1. The summed E-state index contributed by atoms with van der Waals surface area (Å²) >= 11 is 0. The summed E-state index contributed by atoms with van der Waals surface area (Å²) in [7, 11) is 1.40. The zero-order valence-electron chi connectivity index (χ0n) is 18.9. The SMILES string of the molecule is CN(CC(=O)Nc1ccc(F)cc1)C(=O)CN1C(=O)NC(c2ccccc2)(c2ccccc2)C1=O. The Morgan fingerprint density at radius 2 is 1.46 bits per heavy atom. The first-order valence-corrected chi connectivity index (χ1v) is 10.9. The van der Waals surface area contributed by atoms with E-state index >= 15 is 0 Å². The van der Waals surface area contributed by atoms with Crippen LogP contribution < -0.4 is 10.6 Å². The minimum Gasteiger partial charge on any atom is -0.335 e. The smallest absolute Gasteiger partial charge is 0.326 e. The lowest BCUT2D eigenvalue weighted by atomic mass is 9.82. The molecule has 0 radical (unpaired) electrons. The maximum Gasteiger partial charge on any atom is 0.326 e. The van der Waals surface area contributed by atoms with E-state index in [1.807, 2.05) is 0 Å². The number of amides is 5. The van der Waals surface area contributed by atoms with Gasteiger partial charge in [0.25, 0.3) is 5.91 Å². The van der Waals surface area contributed by atoms with Crippen LogP contribution in [0, 0.1) is 5.82 Å². The summed E-state index contributed by atoms with van der Waals surface area (Å²) in [5.74, 6) is -2.13. The number of nitrogens with one attached hydrogen (secondary N) is 2. The first-order valence-electron chi connectivity index (χ1n) is 10.9. The van der Waals surface area contributed by atoms with Crippen molar-refractivity contribution >= 4 is 29.4 Å². The number of carbonyl (C=O) groups excluding carboxylic acids is 4. The Labute approximate surface area is 201 Å². The van der Waals surface area contributed by atoms with E-state index in [4.69, 9.17) is 0 Å². The van der Waals surface area contributed by atoms with E-state index in [9.17, 15) is 23.6 Å². The molecule has 9 heteroatoms. The highest BCUT2D eigenvalue weighted by Crippen LogP contribution is 2.35. The zero-order chi connectivity index (χ0) is 25.0. The minimum absolute atomic E-state index is 0.317. The fraction of sp³-hybridized carbons (Fsp3) is 0.154. The lowest BCUT2D eigenvalue weighted by Gasteiger charge is -2.28. The zero-order valence-corrected chi connectivity index (χ0v) is 18.9. The molecule has 0 unspecified atom stereocenters. The summed E-state index contributed by atoms with van der Waals surface area (Å²) in [5, 5.41) is 5.34. The van der Waals surface area contributed by atoms with Gasteiger partial charge < -0.3 is 15.5 Å². The van der Waals surface area contributed by atoms with Gasteiger partial charge in [-0.05, 0) is 35.4 Å². The first kappa shape index (κ1) is 23.6. The summed E-state index contributed by atoms with van der Waals surface area (Å²) in [6.45, 7) is -0.852. The molecular weight excluding hydrogens is 451 g/mol. The van der Waals surface area contributed by atoms with Crippen molar-refractivity contribution in [3.05, 3.63) is 102 Å². The second-order valence-electron chi connectivity index (χ2n) is 8.11. The molecule has 1 saturated heterocycles. The number of anilines is 1. The van der Waals surface area contributed by atoms with Crippen molar-refractivity contribution in [2.45, 2.75) is 5.54 Å². The molecule has 2 N–H and O–H groups in total. The number of carbonyl (C=O) groups is 4. The number of benzene rings is 3. The van der Waals surface area contributed by atoms with E-state index in [1.165, 1.54) is 31.3 Å². The molecule has 4 rings (SSSR count). The molecule has 0 aromatic heterocycles. The predicted molar refractivity (Wildman–Crippen MR) is 127 cm³/mol. The number of nitrogens with zero attached hydrogens (tertiary/aromatic N) is 2. The Morgan fingerprint density at radius 1 is 0.914 bits per heavy atom. The molecule has 35 heavy (non-hydrogen) atoms. The number of halogens is 1. The highest BCUT2D eigenvalue weighted by Gasteiger charge is 2.54. The van der Waals surface area contributed by atoms with Crippen LogP contribution >= 0.6 is 0 Å². The normalized spacial score (nSPS) is 14.4. The van der Waals surface area contributed by atoms with E-state index in [-0.39, 0.29) is 6.54 Å². The fourth-order valence-corrected chi connectivity index (χ4v) is 3.95. The summed E-state index contributed by atoms with van der Waals surface area (Å²) in [5.41, 5.74) is 0.0261. The monoisotopic (exact) mass is 474 g/mol. The number of rotatable bonds is 7. The van der Waals surface area contributed by atoms with Crippen LogP contribution in [0.2, 0.25) is 0 Å². The number of imide groups is 1. The Balaban J connectivity index is 1.49. The van der Waals surface area contributed by atoms with Gasteiger partial charge in [0.2, 0.25) is 11.8 Å². The van der Waals surface area contributed by atoms with Crippen molar-refractivity contribution < 1.29 is 23.6 Å². The third kappa shape index (κ3) is 4.74. The number of likely N-dealkylation sites (N-methyl/N-ethyl adjacent to an activating group) is 1. The molecule has 0 saturated carbocycles. The fourth-order valence-electron chi connectivity index (χ4n) is 3.95. The lowest BCUT2D eigenvalue weighted by molar-refractivity contribution is -0.138. The van der Waals surface area contributed by atoms with Crippen LogP contribution in [0.25, 0.3) is 0 Å². The predicted octanol–water partition coefficient (Wildman–Crippen LogP) is 2.72. The second-order valence-corrected chi connectivity index (χ2v) is 8.11. The molecule has 3 aromatic rings. The molecule has 1 aliphatic rings. The van der Waals surface area contributed by atoms with Gasteiger partial charge in [-0.1, -0.05) is 60.7 Å². The van der Waals surface area contributed by atoms with Gasteiger partial charge in [0, 0.05) is 12.7 Å². The van der Waals surface area contributed by atoms with E-state index in [1.54, 1.807) is 60.7 Å². The largest absolute Gasteiger partial charge is 0.335 e. The van der Waals surface area contributed by atoms with Gasteiger partial charge in [-0.2, -0.15) is 0 Å². The van der Waals surface area contributed by atoms with Crippen molar-refractivity contribution in [1.82, 2.24) is 15.1 Å². The molecule has 0 spiro atoms. The molecular formula is C26H23FN4O4. The van der Waals surface area contributed by atoms with Gasteiger partial charge in [-0.25, -0.2) is 9.18 Å². The average Bonchev–Trinajstić information content (AvgIpc) is 3.12. The van der Waals surface area contributed by atoms with Gasteiger partial charge in [0.05, 0.1) is 6.54 Å². The van der Waals surface area contributed by atoms with E-state index in [0.717, 1.165) is 9.80 Å². The molecule has 1 fully saturated rings. The van der Waals surface area contributed by atoms with Crippen LogP contribution in [0.15, 0.2) is 84.9 Å². The highest BCUT2D eigenvalue weighted by molar-refractivity contribution is 6.11. The van der Waals surface area contributed by atoms with E-state index in [2.05, 4.69) is 10.6 Å². The Morgan fingerprint density at radius 3 is 2.00 bits per heavy atom. The Bertz CT molecular complexity index is 1210. The summed E-state index contributed by atoms with van der Waals surface area (Å²) in [6.07, 6.45) is 0. The molecule has 1 aliphatic heterocycles. The topological polar surface area (TPSA) is 98.8 Å². The van der Waals surface area contributed by atoms with Crippen LogP contribution in [-0.2, 0) is 19.9 Å². The Kier molecular flexibility index (Phi) is 6.59. The average molecular weight is 474 g/mol. The van der Waals surface area contributed by atoms with E-state index < -0.39 is 41.7 Å². The molecule has 0 aliphatic carbocycles. The van der Waals surface area contributed by atoms with E-state index in [0.29, 0.717) is 16.8 Å². The van der Waals surface area contributed by atoms with Crippen LogP contribution in [0.4, 0.5) is 14.9 Å². The summed E-state index contributed by atoms with van der Waals surface area (Å²) in [6, 6.07) is 22.1. The maximum absolute atomic E-state index is 13.6.